The third-order valence-electron chi connectivity index (χ3n) is 5.81. The van der Waals surface area contributed by atoms with Gasteiger partial charge in [0.05, 0.1) is 24.3 Å². The second-order valence-corrected chi connectivity index (χ2v) is 9.03. The second-order valence-electron chi connectivity index (χ2n) is 9.03. The lowest BCUT2D eigenvalue weighted by Crippen LogP contribution is -2.55. The Morgan fingerprint density at radius 3 is 2.57 bits per heavy atom. The van der Waals surface area contributed by atoms with Gasteiger partial charge in [-0.05, 0) is 52.7 Å². The summed E-state index contributed by atoms with van der Waals surface area (Å²) in [5.41, 5.74) is 0.953. The maximum atomic E-state index is 12.6. The van der Waals surface area contributed by atoms with Gasteiger partial charge in [0.25, 0.3) is 5.56 Å². The van der Waals surface area contributed by atoms with Crippen molar-refractivity contribution < 1.29 is 14.6 Å². The first-order valence-electron chi connectivity index (χ1n) is 10.4. The van der Waals surface area contributed by atoms with Crippen LogP contribution in [0.3, 0.4) is 0 Å². The lowest BCUT2D eigenvalue weighted by molar-refractivity contribution is 0.0402. The van der Waals surface area contributed by atoms with Crippen LogP contribution in [-0.4, -0.2) is 68.9 Å². The quantitative estimate of drug-likeness (QED) is 0.805. The molecule has 3 rings (SSSR count). The summed E-state index contributed by atoms with van der Waals surface area (Å²) in [6.45, 7) is 10.2. The van der Waals surface area contributed by atoms with Crippen LogP contribution in [0, 0.1) is 0 Å². The number of aromatic nitrogens is 2. The van der Waals surface area contributed by atoms with Crippen LogP contribution in [0.1, 0.15) is 46.6 Å². The zero-order valence-corrected chi connectivity index (χ0v) is 18.5. The highest BCUT2D eigenvalue weighted by molar-refractivity contribution is 5.76. The molecule has 1 aliphatic rings. The third kappa shape index (κ3) is 4.59. The van der Waals surface area contributed by atoms with Crippen molar-refractivity contribution in [3.63, 3.8) is 0 Å². The molecule has 1 saturated heterocycles. The minimum atomic E-state index is -0.863. The molecule has 1 aromatic carbocycles. The standard InChI is InChI=1S/C22H32N4O4/c1-15(25-19-12-17(30-5)6-7-18(19)23-13-20(25)27)14-24-10-8-16(9-11-24)26(21(28)29)22(2,3)4/h6-7,12-13,15-16H,8-11,14H2,1-5H3,(H,28,29). The smallest absolute Gasteiger partial charge is 0.407 e. The number of likely N-dealkylation sites (tertiary alicyclic amines) is 1. The summed E-state index contributed by atoms with van der Waals surface area (Å²) in [6, 6.07) is 5.51. The lowest BCUT2D eigenvalue weighted by atomic mass is 9.96. The van der Waals surface area contributed by atoms with Crippen molar-refractivity contribution in [3.05, 3.63) is 34.7 Å². The van der Waals surface area contributed by atoms with E-state index in [0.29, 0.717) is 12.3 Å². The molecule has 1 N–H and O–H groups in total. The van der Waals surface area contributed by atoms with Gasteiger partial charge in [-0.25, -0.2) is 9.78 Å². The van der Waals surface area contributed by atoms with Gasteiger partial charge in [-0.3, -0.25) is 4.79 Å². The van der Waals surface area contributed by atoms with Crippen LogP contribution in [0.4, 0.5) is 4.79 Å². The molecule has 1 unspecified atom stereocenters. The van der Waals surface area contributed by atoms with Crippen LogP contribution in [-0.2, 0) is 0 Å². The van der Waals surface area contributed by atoms with Gasteiger partial charge in [0, 0.05) is 43.3 Å². The molecular formula is C22H32N4O4. The van der Waals surface area contributed by atoms with Gasteiger partial charge in [-0.2, -0.15) is 0 Å². The SMILES string of the molecule is COc1ccc2ncc(=O)n(C(C)CN3CCC(N(C(=O)O)C(C)(C)C)CC3)c2c1. The van der Waals surface area contributed by atoms with E-state index in [1.54, 1.807) is 16.6 Å². The van der Waals surface area contributed by atoms with Gasteiger partial charge >= 0.3 is 6.09 Å². The summed E-state index contributed by atoms with van der Waals surface area (Å²) in [7, 11) is 1.60. The van der Waals surface area contributed by atoms with Crippen LogP contribution < -0.4 is 10.3 Å². The highest BCUT2D eigenvalue weighted by Gasteiger charge is 2.35. The molecule has 0 saturated carbocycles. The molecule has 164 valence electrons. The van der Waals surface area contributed by atoms with Crippen molar-refractivity contribution in [3.8, 4) is 5.75 Å². The molecule has 1 fully saturated rings. The Labute approximate surface area is 177 Å². The van der Waals surface area contributed by atoms with E-state index in [0.717, 1.165) is 37.0 Å². The number of hydrogen-bond acceptors (Lipinski definition) is 5. The van der Waals surface area contributed by atoms with Crippen molar-refractivity contribution in [2.45, 2.75) is 58.2 Å². The van der Waals surface area contributed by atoms with Gasteiger partial charge in [0.2, 0.25) is 0 Å². The number of fused-ring (bicyclic) bond motifs is 1. The Bertz CT molecular complexity index is 958. The first kappa shape index (κ1) is 22.1. The Hall–Kier alpha value is -2.61. The monoisotopic (exact) mass is 416 g/mol. The summed E-state index contributed by atoms with van der Waals surface area (Å²) in [5, 5.41) is 9.65. The molecule has 1 aliphatic heterocycles. The van der Waals surface area contributed by atoms with E-state index in [2.05, 4.69) is 9.88 Å². The molecule has 1 atom stereocenters. The zero-order valence-electron chi connectivity index (χ0n) is 18.5. The van der Waals surface area contributed by atoms with E-state index in [-0.39, 0.29) is 17.6 Å². The molecule has 8 heteroatoms. The van der Waals surface area contributed by atoms with Crippen molar-refractivity contribution in [1.29, 1.82) is 0 Å². The number of methoxy groups -OCH3 is 1. The first-order chi connectivity index (χ1) is 14.1. The zero-order chi connectivity index (χ0) is 22.1. The molecule has 2 heterocycles. The predicted molar refractivity (Wildman–Crippen MR) is 116 cm³/mol. The number of benzene rings is 1. The summed E-state index contributed by atoms with van der Waals surface area (Å²) in [4.78, 5) is 32.5. The average Bonchev–Trinajstić information content (AvgIpc) is 2.67. The molecule has 0 radical (unpaired) electrons. The lowest BCUT2D eigenvalue weighted by Gasteiger charge is -2.44. The van der Waals surface area contributed by atoms with Gasteiger partial charge in [0.1, 0.15) is 5.75 Å². The number of carboxylic acid groups (broad SMARTS) is 1. The number of carbonyl (C=O) groups is 1. The minimum Gasteiger partial charge on any atom is -0.497 e. The molecule has 1 amide bonds. The largest absolute Gasteiger partial charge is 0.497 e. The molecule has 0 aliphatic carbocycles. The van der Waals surface area contributed by atoms with Crippen LogP contribution in [0.2, 0.25) is 0 Å². The number of ether oxygens (including phenoxy) is 1. The molecule has 8 nitrogen and oxygen atoms in total. The molecule has 0 bridgehead atoms. The maximum Gasteiger partial charge on any atom is 0.407 e. The van der Waals surface area contributed by atoms with Crippen LogP contribution in [0.15, 0.2) is 29.2 Å². The highest BCUT2D eigenvalue weighted by atomic mass is 16.5. The normalized spacial score (nSPS) is 17.1. The van der Waals surface area contributed by atoms with E-state index < -0.39 is 11.6 Å². The Balaban J connectivity index is 1.74. The Morgan fingerprint density at radius 2 is 2.00 bits per heavy atom. The average molecular weight is 417 g/mol. The van der Waals surface area contributed by atoms with E-state index in [1.165, 1.54) is 6.20 Å². The van der Waals surface area contributed by atoms with Gasteiger partial charge in [-0.1, -0.05) is 0 Å². The van der Waals surface area contributed by atoms with Gasteiger partial charge in [-0.15, -0.1) is 0 Å². The number of nitrogens with zero attached hydrogens (tertiary/aromatic N) is 4. The fourth-order valence-electron chi connectivity index (χ4n) is 4.50. The van der Waals surface area contributed by atoms with Gasteiger partial charge in [0.15, 0.2) is 0 Å². The van der Waals surface area contributed by atoms with Crippen molar-refractivity contribution in [1.82, 2.24) is 19.4 Å². The minimum absolute atomic E-state index is 0.0165. The summed E-state index contributed by atoms with van der Waals surface area (Å²) < 4.78 is 7.10. The summed E-state index contributed by atoms with van der Waals surface area (Å²) in [5.74, 6) is 0.688. The number of hydrogen-bond donors (Lipinski definition) is 1. The van der Waals surface area contributed by atoms with Crippen molar-refractivity contribution in [2.24, 2.45) is 0 Å². The van der Waals surface area contributed by atoms with Crippen LogP contribution >= 0.6 is 0 Å². The summed E-state index contributed by atoms with van der Waals surface area (Å²) in [6.07, 6.45) is 2.08. The molecular weight excluding hydrogens is 384 g/mol. The van der Waals surface area contributed by atoms with Gasteiger partial charge < -0.3 is 24.2 Å². The fraction of sp³-hybridized carbons (Fsp3) is 0.591. The highest BCUT2D eigenvalue weighted by Crippen LogP contribution is 2.26. The van der Waals surface area contributed by atoms with E-state index in [1.807, 2.05) is 45.9 Å². The Kier molecular flexibility index (Phi) is 6.36. The molecule has 30 heavy (non-hydrogen) atoms. The third-order valence-corrected chi connectivity index (χ3v) is 5.81. The first-order valence-corrected chi connectivity index (χ1v) is 10.4. The number of amides is 1. The van der Waals surface area contributed by atoms with Crippen LogP contribution in [0.5, 0.6) is 5.75 Å². The number of piperidine rings is 1. The number of rotatable bonds is 5. The topological polar surface area (TPSA) is 87.9 Å². The maximum absolute atomic E-state index is 12.6. The fourth-order valence-corrected chi connectivity index (χ4v) is 4.50. The van der Waals surface area contributed by atoms with Crippen molar-refractivity contribution >= 4 is 17.1 Å². The predicted octanol–water partition coefficient (Wildman–Crippen LogP) is 3.21. The van der Waals surface area contributed by atoms with E-state index >= 15 is 0 Å². The molecule has 2 aromatic rings. The second kappa shape index (κ2) is 8.63. The van der Waals surface area contributed by atoms with Crippen molar-refractivity contribution in [2.75, 3.05) is 26.7 Å². The van der Waals surface area contributed by atoms with E-state index in [9.17, 15) is 14.7 Å². The molecule has 0 spiro atoms. The Morgan fingerprint density at radius 1 is 1.33 bits per heavy atom. The summed E-state index contributed by atoms with van der Waals surface area (Å²) >= 11 is 0. The van der Waals surface area contributed by atoms with Crippen LogP contribution in [0.25, 0.3) is 11.0 Å². The molecule has 1 aromatic heterocycles. The van der Waals surface area contributed by atoms with E-state index in [4.69, 9.17) is 4.74 Å².